The average Bonchev–Trinajstić information content (AvgIpc) is 2.53. The number of para-hydroxylation sites is 1. The number of hydrogen-bond acceptors (Lipinski definition) is 3. The van der Waals surface area contributed by atoms with Crippen LogP contribution in [0.3, 0.4) is 0 Å². The summed E-state index contributed by atoms with van der Waals surface area (Å²) in [5, 5.41) is 12.2. The summed E-state index contributed by atoms with van der Waals surface area (Å²) in [6.07, 6.45) is 2.24. The van der Waals surface area contributed by atoms with Gasteiger partial charge in [0.1, 0.15) is 11.9 Å². The van der Waals surface area contributed by atoms with Crippen molar-refractivity contribution in [2.45, 2.75) is 25.9 Å². The molecular formula is C16H25N3O2. The Labute approximate surface area is 126 Å². The summed E-state index contributed by atoms with van der Waals surface area (Å²) in [5.41, 5.74) is 0. The van der Waals surface area contributed by atoms with E-state index in [1.54, 1.807) is 0 Å². The van der Waals surface area contributed by atoms with Crippen molar-refractivity contribution in [2.75, 3.05) is 32.8 Å². The van der Waals surface area contributed by atoms with E-state index in [1.807, 2.05) is 30.3 Å². The number of aliphatic imine (C=N–C) groups is 1. The number of nitrogens with one attached hydrogen (secondary N) is 1. The molecule has 0 unspecified atom stereocenters. The summed E-state index contributed by atoms with van der Waals surface area (Å²) in [4.78, 5) is 6.65. The summed E-state index contributed by atoms with van der Waals surface area (Å²) in [7, 11) is 0. The third kappa shape index (κ3) is 4.93. The Balaban J connectivity index is 1.84. The van der Waals surface area contributed by atoms with Crippen LogP contribution in [-0.4, -0.2) is 54.9 Å². The van der Waals surface area contributed by atoms with Gasteiger partial charge < -0.3 is 20.1 Å². The second-order valence-electron chi connectivity index (χ2n) is 5.08. The van der Waals surface area contributed by atoms with E-state index in [-0.39, 0.29) is 12.7 Å². The molecule has 2 N–H and O–H groups in total. The highest BCUT2D eigenvalue weighted by Gasteiger charge is 2.22. The standard InChI is InChI=1S/C16H25N3O2/c1-2-17-16(18-10-13-20)19-11-8-15(9-12-19)21-14-6-4-3-5-7-14/h3-7,15,20H,2,8-13H2,1H3,(H,17,18). The van der Waals surface area contributed by atoms with Gasteiger partial charge in [-0.3, -0.25) is 4.99 Å². The van der Waals surface area contributed by atoms with E-state index in [1.165, 1.54) is 0 Å². The minimum atomic E-state index is 0.0858. The normalized spacial score (nSPS) is 16.9. The highest BCUT2D eigenvalue weighted by Crippen LogP contribution is 2.18. The maximum Gasteiger partial charge on any atom is 0.193 e. The zero-order valence-corrected chi connectivity index (χ0v) is 12.7. The van der Waals surface area contributed by atoms with Gasteiger partial charge in [0, 0.05) is 32.5 Å². The lowest BCUT2D eigenvalue weighted by Gasteiger charge is -2.34. The fourth-order valence-corrected chi connectivity index (χ4v) is 2.46. The van der Waals surface area contributed by atoms with Crippen LogP contribution in [0.25, 0.3) is 0 Å². The van der Waals surface area contributed by atoms with E-state index in [2.05, 4.69) is 22.1 Å². The minimum absolute atomic E-state index is 0.0858. The monoisotopic (exact) mass is 291 g/mol. The lowest BCUT2D eigenvalue weighted by Crippen LogP contribution is -2.47. The topological polar surface area (TPSA) is 57.1 Å². The lowest BCUT2D eigenvalue weighted by atomic mass is 10.1. The van der Waals surface area contributed by atoms with Gasteiger partial charge >= 0.3 is 0 Å². The van der Waals surface area contributed by atoms with Gasteiger partial charge in [0.25, 0.3) is 0 Å². The van der Waals surface area contributed by atoms with Crippen LogP contribution in [0, 0.1) is 0 Å². The predicted octanol–water partition coefficient (Wildman–Crippen LogP) is 1.49. The number of guanidine groups is 1. The van der Waals surface area contributed by atoms with Gasteiger partial charge in [-0.05, 0) is 19.1 Å². The Morgan fingerprint density at radius 1 is 1.33 bits per heavy atom. The van der Waals surface area contributed by atoms with Crippen LogP contribution >= 0.6 is 0 Å². The first-order valence-electron chi connectivity index (χ1n) is 7.69. The molecule has 116 valence electrons. The van der Waals surface area contributed by atoms with Crippen molar-refractivity contribution in [1.82, 2.24) is 10.2 Å². The van der Waals surface area contributed by atoms with Crippen LogP contribution in [0.1, 0.15) is 19.8 Å². The first-order chi connectivity index (χ1) is 10.3. The minimum Gasteiger partial charge on any atom is -0.490 e. The molecule has 21 heavy (non-hydrogen) atoms. The molecule has 0 saturated carbocycles. The largest absolute Gasteiger partial charge is 0.490 e. The summed E-state index contributed by atoms with van der Waals surface area (Å²) in [6, 6.07) is 9.98. The lowest BCUT2D eigenvalue weighted by molar-refractivity contribution is 0.129. The summed E-state index contributed by atoms with van der Waals surface area (Å²) < 4.78 is 6.00. The van der Waals surface area contributed by atoms with E-state index in [0.29, 0.717) is 6.54 Å². The third-order valence-electron chi connectivity index (χ3n) is 3.48. The second kappa shape index (κ2) is 8.52. The van der Waals surface area contributed by atoms with Crippen molar-refractivity contribution >= 4 is 5.96 Å². The molecule has 1 aliphatic rings. The molecule has 1 fully saturated rings. The van der Waals surface area contributed by atoms with E-state index >= 15 is 0 Å². The predicted molar refractivity (Wildman–Crippen MR) is 84.7 cm³/mol. The summed E-state index contributed by atoms with van der Waals surface area (Å²) >= 11 is 0. The van der Waals surface area contributed by atoms with Crippen molar-refractivity contribution in [3.8, 4) is 5.75 Å². The van der Waals surface area contributed by atoms with Crippen LogP contribution in [0.5, 0.6) is 5.75 Å². The maximum absolute atomic E-state index is 8.91. The Kier molecular flexibility index (Phi) is 6.34. The van der Waals surface area contributed by atoms with Crippen LogP contribution in [0.4, 0.5) is 0 Å². The first-order valence-corrected chi connectivity index (χ1v) is 7.69. The number of likely N-dealkylation sites (tertiary alicyclic amines) is 1. The Morgan fingerprint density at radius 3 is 2.67 bits per heavy atom. The fourth-order valence-electron chi connectivity index (χ4n) is 2.46. The average molecular weight is 291 g/mol. The van der Waals surface area contributed by atoms with Crippen LogP contribution in [0.2, 0.25) is 0 Å². The van der Waals surface area contributed by atoms with Crippen LogP contribution in [0.15, 0.2) is 35.3 Å². The number of aliphatic hydroxyl groups is 1. The number of nitrogens with zero attached hydrogens (tertiary/aromatic N) is 2. The SMILES string of the molecule is CCNC(=NCCO)N1CCC(Oc2ccccc2)CC1. The molecule has 0 radical (unpaired) electrons. The van der Waals surface area contributed by atoms with Crippen molar-refractivity contribution in [2.24, 2.45) is 4.99 Å². The van der Waals surface area contributed by atoms with E-state index < -0.39 is 0 Å². The van der Waals surface area contributed by atoms with Crippen molar-refractivity contribution in [1.29, 1.82) is 0 Å². The van der Waals surface area contributed by atoms with Crippen LogP contribution in [-0.2, 0) is 0 Å². The number of hydrogen-bond donors (Lipinski definition) is 2. The van der Waals surface area contributed by atoms with Crippen LogP contribution < -0.4 is 10.1 Å². The maximum atomic E-state index is 8.91. The van der Waals surface area contributed by atoms with Crippen molar-refractivity contribution < 1.29 is 9.84 Å². The highest BCUT2D eigenvalue weighted by molar-refractivity contribution is 5.80. The van der Waals surface area contributed by atoms with Gasteiger partial charge in [0.2, 0.25) is 0 Å². The Morgan fingerprint density at radius 2 is 2.05 bits per heavy atom. The number of rotatable bonds is 5. The Bertz CT molecular complexity index is 428. The quantitative estimate of drug-likeness (QED) is 0.637. The molecule has 1 aliphatic heterocycles. The molecule has 5 nitrogen and oxygen atoms in total. The summed E-state index contributed by atoms with van der Waals surface area (Å²) in [5.74, 6) is 1.83. The van der Waals surface area contributed by atoms with Gasteiger partial charge in [-0.1, -0.05) is 18.2 Å². The zero-order chi connectivity index (χ0) is 14.9. The molecule has 5 heteroatoms. The molecule has 0 aromatic heterocycles. The van der Waals surface area contributed by atoms with Gasteiger partial charge in [-0.15, -0.1) is 0 Å². The van der Waals surface area contributed by atoms with Crippen molar-refractivity contribution in [3.05, 3.63) is 30.3 Å². The second-order valence-corrected chi connectivity index (χ2v) is 5.08. The number of piperidine rings is 1. The van der Waals surface area contributed by atoms with Gasteiger partial charge in [0.05, 0.1) is 13.2 Å². The van der Waals surface area contributed by atoms with Gasteiger partial charge in [-0.25, -0.2) is 0 Å². The van der Waals surface area contributed by atoms with E-state index in [9.17, 15) is 0 Å². The molecule has 1 heterocycles. The molecular weight excluding hydrogens is 266 g/mol. The number of aliphatic hydroxyl groups excluding tert-OH is 1. The number of benzene rings is 1. The molecule has 2 rings (SSSR count). The third-order valence-corrected chi connectivity index (χ3v) is 3.48. The fraction of sp³-hybridized carbons (Fsp3) is 0.562. The Hall–Kier alpha value is -1.75. The van der Waals surface area contributed by atoms with Gasteiger partial charge in [-0.2, -0.15) is 0 Å². The molecule has 1 aromatic rings. The molecule has 0 amide bonds. The van der Waals surface area contributed by atoms with E-state index in [4.69, 9.17) is 9.84 Å². The molecule has 0 bridgehead atoms. The molecule has 0 atom stereocenters. The zero-order valence-electron chi connectivity index (χ0n) is 12.7. The van der Waals surface area contributed by atoms with Crippen molar-refractivity contribution in [3.63, 3.8) is 0 Å². The summed E-state index contributed by atoms with van der Waals surface area (Å²) in [6.45, 7) is 5.28. The smallest absolute Gasteiger partial charge is 0.193 e. The van der Waals surface area contributed by atoms with E-state index in [0.717, 1.165) is 44.2 Å². The van der Waals surface area contributed by atoms with Gasteiger partial charge in [0.15, 0.2) is 5.96 Å². The first kappa shape index (κ1) is 15.6. The highest BCUT2D eigenvalue weighted by atomic mass is 16.5. The molecule has 0 aliphatic carbocycles. The molecule has 1 saturated heterocycles. The molecule has 0 spiro atoms. The number of ether oxygens (including phenoxy) is 1. The molecule has 1 aromatic carbocycles.